The molecule has 1 aliphatic rings. The smallest absolute Gasteiger partial charge is 0.287 e. The molecular weight excluding hydrogens is 380 g/mol. The summed E-state index contributed by atoms with van der Waals surface area (Å²) in [6.07, 6.45) is -2.44. The Morgan fingerprint density at radius 1 is 1.32 bits per heavy atom. The van der Waals surface area contributed by atoms with E-state index in [1.54, 1.807) is 0 Å². The van der Waals surface area contributed by atoms with Gasteiger partial charge in [0.2, 0.25) is 5.43 Å². The molecule has 0 radical (unpaired) electrons. The van der Waals surface area contributed by atoms with Crippen LogP contribution in [-0.4, -0.2) is 15.5 Å². The largest absolute Gasteiger partial charge is 0.433 e. The van der Waals surface area contributed by atoms with Gasteiger partial charge >= 0.3 is 6.18 Å². The summed E-state index contributed by atoms with van der Waals surface area (Å²) < 4.78 is 53.3. The summed E-state index contributed by atoms with van der Waals surface area (Å²) in [6.45, 7) is 0. The van der Waals surface area contributed by atoms with Gasteiger partial charge < -0.3 is 0 Å². The zero-order valence-corrected chi connectivity index (χ0v) is 14.6. The third-order valence-electron chi connectivity index (χ3n) is 3.84. The Bertz CT molecular complexity index is 878. The van der Waals surface area contributed by atoms with Gasteiger partial charge in [0.1, 0.15) is 17.2 Å². The van der Waals surface area contributed by atoms with E-state index < -0.39 is 23.1 Å². The third-order valence-corrected chi connectivity index (χ3v) is 5.55. The predicted octanol–water partition coefficient (Wildman–Crippen LogP) is 4.76. The van der Waals surface area contributed by atoms with Crippen LogP contribution in [0.1, 0.15) is 18.5 Å². The molecule has 3 rings (SSSR count). The number of aryl methyl sites for hydroxylation is 1. The molecule has 0 atom stereocenters. The quantitative estimate of drug-likeness (QED) is 0.555. The summed E-state index contributed by atoms with van der Waals surface area (Å²) in [5, 5.41) is 3.84. The third kappa shape index (κ3) is 4.00. The maximum atomic E-state index is 14.3. The fraction of sp³-hybridized carbons (Fsp3) is 0.375. The first-order chi connectivity index (χ1) is 11.7. The van der Waals surface area contributed by atoms with E-state index in [-0.39, 0.29) is 16.3 Å². The van der Waals surface area contributed by atoms with Crippen molar-refractivity contribution in [2.75, 3.05) is 5.75 Å². The SMILES string of the molecule is Cn1nc(-c2cc(SCC3CC3)c(Cl)cc2F)c(=O)cc1C(F)(F)F. The molecule has 1 aliphatic carbocycles. The Balaban J connectivity index is 2.04. The van der Waals surface area contributed by atoms with Crippen LogP contribution in [-0.2, 0) is 13.2 Å². The van der Waals surface area contributed by atoms with Crippen molar-refractivity contribution < 1.29 is 17.6 Å². The zero-order chi connectivity index (χ0) is 18.4. The van der Waals surface area contributed by atoms with Gasteiger partial charge in [-0.05, 0) is 30.9 Å². The summed E-state index contributed by atoms with van der Waals surface area (Å²) in [5.41, 5.74) is -2.72. The van der Waals surface area contributed by atoms with Crippen LogP contribution in [0.25, 0.3) is 11.3 Å². The number of thioether (sulfide) groups is 1. The minimum absolute atomic E-state index is 0.156. The van der Waals surface area contributed by atoms with E-state index >= 15 is 0 Å². The molecule has 9 heteroatoms. The highest BCUT2D eigenvalue weighted by atomic mass is 35.5. The topological polar surface area (TPSA) is 34.9 Å². The number of rotatable bonds is 4. The molecule has 0 aliphatic heterocycles. The number of nitrogens with zero attached hydrogens (tertiary/aromatic N) is 2. The van der Waals surface area contributed by atoms with E-state index in [0.717, 1.165) is 31.7 Å². The Morgan fingerprint density at radius 3 is 2.60 bits per heavy atom. The van der Waals surface area contributed by atoms with Crippen LogP contribution in [0.2, 0.25) is 5.02 Å². The lowest BCUT2D eigenvalue weighted by Crippen LogP contribution is -2.22. The molecule has 0 saturated heterocycles. The van der Waals surface area contributed by atoms with Crippen LogP contribution in [0.5, 0.6) is 0 Å². The number of benzene rings is 1. The first kappa shape index (κ1) is 18.3. The summed E-state index contributed by atoms with van der Waals surface area (Å²) in [5.74, 6) is 0.625. The lowest BCUT2D eigenvalue weighted by Gasteiger charge is -2.13. The van der Waals surface area contributed by atoms with Gasteiger partial charge in [-0.15, -0.1) is 11.8 Å². The lowest BCUT2D eigenvalue weighted by molar-refractivity contribution is -0.144. The number of alkyl halides is 3. The molecule has 1 aromatic carbocycles. The molecule has 0 N–H and O–H groups in total. The molecule has 1 aromatic heterocycles. The van der Waals surface area contributed by atoms with Gasteiger partial charge in [-0.3, -0.25) is 9.48 Å². The molecule has 0 spiro atoms. The Hall–Kier alpha value is -1.54. The zero-order valence-electron chi connectivity index (χ0n) is 13.0. The highest BCUT2D eigenvalue weighted by Gasteiger charge is 2.34. The first-order valence-corrected chi connectivity index (χ1v) is 8.81. The van der Waals surface area contributed by atoms with Gasteiger partial charge in [0, 0.05) is 29.3 Å². The minimum Gasteiger partial charge on any atom is -0.287 e. The normalized spacial score (nSPS) is 14.8. The second-order valence-corrected chi connectivity index (χ2v) is 7.35. The van der Waals surface area contributed by atoms with Crippen molar-refractivity contribution in [3.63, 3.8) is 0 Å². The van der Waals surface area contributed by atoms with E-state index in [4.69, 9.17) is 11.6 Å². The maximum Gasteiger partial charge on any atom is 0.433 e. The minimum atomic E-state index is -4.72. The monoisotopic (exact) mass is 392 g/mol. The summed E-state index contributed by atoms with van der Waals surface area (Å²) in [7, 11) is 1.06. The van der Waals surface area contributed by atoms with Crippen LogP contribution in [0.3, 0.4) is 0 Å². The average Bonchev–Trinajstić information content (AvgIpc) is 3.32. The van der Waals surface area contributed by atoms with Crippen molar-refractivity contribution in [2.45, 2.75) is 23.9 Å². The molecule has 1 fully saturated rings. The van der Waals surface area contributed by atoms with Crippen molar-refractivity contribution in [1.82, 2.24) is 9.78 Å². The van der Waals surface area contributed by atoms with Crippen molar-refractivity contribution >= 4 is 23.4 Å². The summed E-state index contributed by atoms with van der Waals surface area (Å²) in [4.78, 5) is 12.7. The van der Waals surface area contributed by atoms with E-state index in [2.05, 4.69) is 5.10 Å². The maximum absolute atomic E-state index is 14.3. The van der Waals surface area contributed by atoms with Gasteiger partial charge in [-0.1, -0.05) is 11.6 Å². The molecule has 1 heterocycles. The van der Waals surface area contributed by atoms with E-state index in [0.29, 0.717) is 21.6 Å². The Labute approximate surface area is 150 Å². The van der Waals surface area contributed by atoms with Gasteiger partial charge in [0.15, 0.2) is 0 Å². The van der Waals surface area contributed by atoms with Crippen LogP contribution in [0.15, 0.2) is 27.9 Å². The van der Waals surface area contributed by atoms with Crippen molar-refractivity contribution in [3.05, 3.63) is 45.0 Å². The van der Waals surface area contributed by atoms with Crippen molar-refractivity contribution in [3.8, 4) is 11.3 Å². The van der Waals surface area contributed by atoms with Gasteiger partial charge in [-0.2, -0.15) is 18.3 Å². The molecule has 3 nitrogen and oxygen atoms in total. The lowest BCUT2D eigenvalue weighted by atomic mass is 10.1. The molecule has 1 saturated carbocycles. The molecule has 25 heavy (non-hydrogen) atoms. The Kier molecular flexibility index (Phi) is 4.85. The standard InChI is InChI=1S/C16H13ClF4N2OS/c1-23-14(16(19,20)21)6-12(24)15(22-23)9-4-13(10(17)5-11(9)18)25-7-8-2-3-8/h4-6,8H,2-3,7H2,1H3. The van der Waals surface area contributed by atoms with Crippen molar-refractivity contribution in [2.24, 2.45) is 13.0 Å². The average molecular weight is 393 g/mol. The second-order valence-electron chi connectivity index (χ2n) is 5.88. The molecule has 0 amide bonds. The predicted molar refractivity (Wildman–Crippen MR) is 88.3 cm³/mol. The van der Waals surface area contributed by atoms with Crippen LogP contribution in [0.4, 0.5) is 17.6 Å². The number of hydrogen-bond donors (Lipinski definition) is 0. The van der Waals surface area contributed by atoms with Crippen molar-refractivity contribution in [1.29, 1.82) is 0 Å². The van der Waals surface area contributed by atoms with E-state index in [9.17, 15) is 22.4 Å². The Morgan fingerprint density at radius 2 is 2.00 bits per heavy atom. The van der Waals surface area contributed by atoms with Gasteiger partial charge in [-0.25, -0.2) is 4.39 Å². The number of aromatic nitrogens is 2. The van der Waals surface area contributed by atoms with E-state index in [1.807, 2.05) is 0 Å². The van der Waals surface area contributed by atoms with Gasteiger partial charge in [0.05, 0.1) is 5.02 Å². The summed E-state index contributed by atoms with van der Waals surface area (Å²) in [6, 6.07) is 2.86. The molecule has 2 aromatic rings. The molecule has 0 bridgehead atoms. The highest BCUT2D eigenvalue weighted by molar-refractivity contribution is 7.99. The van der Waals surface area contributed by atoms with Gasteiger partial charge in [0.25, 0.3) is 0 Å². The fourth-order valence-corrected chi connectivity index (χ4v) is 3.76. The number of halogens is 5. The van der Waals surface area contributed by atoms with Crippen LogP contribution < -0.4 is 5.43 Å². The first-order valence-electron chi connectivity index (χ1n) is 7.44. The second kappa shape index (κ2) is 6.64. The molecular formula is C16H13ClF4N2OS. The highest BCUT2D eigenvalue weighted by Crippen LogP contribution is 2.39. The van der Waals surface area contributed by atoms with Crippen LogP contribution in [0, 0.1) is 11.7 Å². The van der Waals surface area contributed by atoms with Crippen LogP contribution >= 0.6 is 23.4 Å². The summed E-state index contributed by atoms with van der Waals surface area (Å²) >= 11 is 7.47. The molecule has 0 unspecified atom stereocenters. The van der Waals surface area contributed by atoms with E-state index in [1.165, 1.54) is 17.8 Å². The number of hydrogen-bond acceptors (Lipinski definition) is 3. The fourth-order valence-electron chi connectivity index (χ4n) is 2.30. The molecule has 134 valence electrons.